The third-order valence-corrected chi connectivity index (χ3v) is 2.92. The van der Waals surface area contributed by atoms with E-state index in [9.17, 15) is 0 Å². The molecule has 1 heterocycles. The number of hydrogen-bond acceptors (Lipinski definition) is 0. The molecule has 0 aliphatic rings. The molecule has 2 nitrogen and oxygen atoms in total. The van der Waals surface area contributed by atoms with Gasteiger partial charge in [-0.2, -0.15) is 4.57 Å². The number of rotatable bonds is 1. The van der Waals surface area contributed by atoms with Crippen LogP contribution in [0.4, 0.5) is 0 Å². The lowest BCUT2D eigenvalue weighted by atomic mass is 10.3. The smallest absolute Gasteiger partial charge is 0.247 e. The Morgan fingerprint density at radius 1 is 0.941 bits per heavy atom. The van der Waals surface area contributed by atoms with E-state index in [-0.39, 0.29) is 12.4 Å². The fourth-order valence-electron chi connectivity index (χ4n) is 1.87. The first-order chi connectivity index (χ1) is 7.86. The topological polar surface area (TPSA) is 19.7 Å². The van der Waals surface area contributed by atoms with Crippen LogP contribution in [0, 0.1) is 0 Å². The number of aromatic nitrogens is 2. The van der Waals surface area contributed by atoms with Crippen molar-refractivity contribution in [3.8, 4) is 5.69 Å². The van der Waals surface area contributed by atoms with Crippen molar-refractivity contribution < 1.29 is 17.0 Å². The van der Waals surface area contributed by atoms with Crippen LogP contribution in [0.15, 0.2) is 54.9 Å². The molecule has 0 spiro atoms. The van der Waals surface area contributed by atoms with Gasteiger partial charge in [0.15, 0.2) is 11.0 Å². The van der Waals surface area contributed by atoms with E-state index in [4.69, 9.17) is 11.6 Å². The Morgan fingerprint density at radius 2 is 1.71 bits per heavy atom. The highest BCUT2D eigenvalue weighted by Gasteiger charge is 2.14. The number of halogens is 2. The van der Waals surface area contributed by atoms with Gasteiger partial charge in [-0.25, -0.2) is 4.98 Å². The minimum atomic E-state index is 0. The Labute approximate surface area is 110 Å². The molecule has 1 aromatic heterocycles. The molecule has 3 rings (SSSR count). The molecule has 0 unspecified atom stereocenters. The maximum Gasteiger partial charge on any atom is 0.247 e. The zero-order chi connectivity index (χ0) is 11.0. The Morgan fingerprint density at radius 3 is 2.47 bits per heavy atom. The average molecular weight is 265 g/mol. The summed E-state index contributed by atoms with van der Waals surface area (Å²) in [5.41, 5.74) is 3.15. The molecule has 0 aliphatic heterocycles. The van der Waals surface area contributed by atoms with Gasteiger partial charge in [0.1, 0.15) is 5.69 Å². The lowest BCUT2D eigenvalue weighted by Crippen LogP contribution is -3.00. The predicted octanol–water partition coefficient (Wildman–Crippen LogP) is 0.102. The van der Waals surface area contributed by atoms with Crippen LogP contribution < -0.4 is 17.0 Å². The van der Waals surface area contributed by atoms with Crippen molar-refractivity contribution in [3.63, 3.8) is 0 Å². The average Bonchev–Trinajstić information content (AvgIpc) is 2.75. The van der Waals surface area contributed by atoms with Crippen molar-refractivity contribution >= 4 is 22.6 Å². The highest BCUT2D eigenvalue weighted by atomic mass is 35.5. The van der Waals surface area contributed by atoms with E-state index in [1.54, 1.807) is 0 Å². The summed E-state index contributed by atoms with van der Waals surface area (Å²) in [4.78, 5) is 3.21. The number of para-hydroxylation sites is 2. The molecule has 0 saturated heterocycles. The molecule has 2 aromatic carbocycles. The van der Waals surface area contributed by atoms with Gasteiger partial charge >= 0.3 is 0 Å². The largest absolute Gasteiger partial charge is 1.00 e. The van der Waals surface area contributed by atoms with E-state index in [0.29, 0.717) is 0 Å². The lowest BCUT2D eigenvalue weighted by molar-refractivity contribution is -0.566. The summed E-state index contributed by atoms with van der Waals surface area (Å²) in [5.74, 6) is 0. The van der Waals surface area contributed by atoms with Crippen molar-refractivity contribution in [2.75, 3.05) is 0 Å². The summed E-state index contributed by atoms with van der Waals surface area (Å²) in [5, 5.41) is 0.752. The Bertz CT molecular complexity index is 632. The molecule has 0 bridgehead atoms. The van der Waals surface area contributed by atoms with Gasteiger partial charge in [0.05, 0.1) is 5.02 Å². The first kappa shape index (κ1) is 12.0. The van der Waals surface area contributed by atoms with Gasteiger partial charge < -0.3 is 12.4 Å². The first-order valence-electron chi connectivity index (χ1n) is 5.09. The van der Waals surface area contributed by atoms with E-state index in [2.05, 4.69) is 21.7 Å². The molecular formula is C13H10Cl2N2. The van der Waals surface area contributed by atoms with Crippen LogP contribution in [-0.4, -0.2) is 4.98 Å². The lowest BCUT2D eigenvalue weighted by Gasteiger charge is -1.97. The minimum Gasteiger partial charge on any atom is -1.00 e. The summed E-state index contributed by atoms with van der Waals surface area (Å²) in [6.45, 7) is 0. The van der Waals surface area contributed by atoms with Crippen molar-refractivity contribution in [2.45, 2.75) is 0 Å². The fourth-order valence-corrected chi connectivity index (χ4v) is 2.13. The van der Waals surface area contributed by atoms with E-state index in [0.717, 1.165) is 21.7 Å². The highest BCUT2D eigenvalue weighted by molar-refractivity contribution is 6.34. The molecule has 0 fully saturated rings. The summed E-state index contributed by atoms with van der Waals surface area (Å²) < 4.78 is 2.05. The quantitative estimate of drug-likeness (QED) is 0.602. The number of nitrogens with one attached hydrogen (secondary N) is 1. The second kappa shape index (κ2) is 4.78. The molecule has 0 radical (unpaired) electrons. The summed E-state index contributed by atoms with van der Waals surface area (Å²) in [7, 11) is 0. The van der Waals surface area contributed by atoms with Gasteiger partial charge in [-0.3, -0.25) is 0 Å². The number of nitrogens with zero attached hydrogens (tertiary/aromatic N) is 1. The summed E-state index contributed by atoms with van der Waals surface area (Å²) >= 11 is 6.21. The number of hydrogen-bond donors (Lipinski definition) is 1. The van der Waals surface area contributed by atoms with Crippen LogP contribution in [0.3, 0.4) is 0 Å². The van der Waals surface area contributed by atoms with Crippen LogP contribution in [-0.2, 0) is 0 Å². The van der Waals surface area contributed by atoms with Crippen LogP contribution >= 0.6 is 11.6 Å². The fraction of sp³-hybridized carbons (Fsp3) is 0. The number of imidazole rings is 1. The second-order valence-corrected chi connectivity index (χ2v) is 4.02. The van der Waals surface area contributed by atoms with E-state index >= 15 is 0 Å². The third-order valence-electron chi connectivity index (χ3n) is 2.61. The maximum atomic E-state index is 6.21. The van der Waals surface area contributed by atoms with Crippen LogP contribution in [0.1, 0.15) is 0 Å². The molecule has 0 amide bonds. The zero-order valence-electron chi connectivity index (χ0n) is 8.90. The van der Waals surface area contributed by atoms with E-state index < -0.39 is 0 Å². The molecular weight excluding hydrogens is 255 g/mol. The van der Waals surface area contributed by atoms with Gasteiger partial charge in [-0.15, -0.1) is 0 Å². The van der Waals surface area contributed by atoms with Gasteiger partial charge in [-0.1, -0.05) is 35.9 Å². The zero-order valence-corrected chi connectivity index (χ0v) is 10.4. The minimum absolute atomic E-state index is 0. The first-order valence-corrected chi connectivity index (χ1v) is 5.47. The maximum absolute atomic E-state index is 6.21. The Hall–Kier alpha value is -1.51. The molecule has 4 heteroatoms. The number of fused-ring (bicyclic) bond motifs is 1. The van der Waals surface area contributed by atoms with Crippen molar-refractivity contribution in [1.29, 1.82) is 0 Å². The Balaban J connectivity index is 0.00000108. The molecule has 0 saturated carbocycles. The molecule has 1 N–H and O–H groups in total. The van der Waals surface area contributed by atoms with Crippen molar-refractivity contribution in [2.24, 2.45) is 0 Å². The third kappa shape index (κ3) is 2.02. The van der Waals surface area contributed by atoms with Gasteiger partial charge in [0, 0.05) is 0 Å². The summed E-state index contributed by atoms with van der Waals surface area (Å²) in [6.07, 6.45) is 1.92. The molecule has 86 valence electrons. The van der Waals surface area contributed by atoms with Crippen molar-refractivity contribution in [1.82, 2.24) is 4.98 Å². The SMILES string of the molecule is Clc1cccc2[nH]c[n+](-c3ccccc3)c12.[Cl-]. The van der Waals surface area contributed by atoms with E-state index in [1.165, 1.54) is 0 Å². The monoisotopic (exact) mass is 264 g/mol. The van der Waals surface area contributed by atoms with Crippen LogP contribution in [0.5, 0.6) is 0 Å². The Kier molecular flexibility index (Phi) is 3.36. The van der Waals surface area contributed by atoms with Gasteiger partial charge in [-0.05, 0) is 24.3 Å². The highest BCUT2D eigenvalue weighted by Crippen LogP contribution is 2.19. The van der Waals surface area contributed by atoms with Crippen molar-refractivity contribution in [3.05, 3.63) is 59.9 Å². The van der Waals surface area contributed by atoms with Crippen LogP contribution in [0.25, 0.3) is 16.7 Å². The number of benzene rings is 2. The normalized spacial score (nSPS) is 10.2. The van der Waals surface area contributed by atoms with E-state index in [1.807, 2.05) is 42.7 Å². The number of aromatic amines is 1. The number of H-pyrrole nitrogens is 1. The molecule has 0 atom stereocenters. The molecule has 3 aromatic rings. The molecule has 0 aliphatic carbocycles. The second-order valence-electron chi connectivity index (χ2n) is 3.61. The van der Waals surface area contributed by atoms with Gasteiger partial charge in [0.25, 0.3) is 0 Å². The van der Waals surface area contributed by atoms with Crippen LogP contribution in [0.2, 0.25) is 5.02 Å². The molecule has 17 heavy (non-hydrogen) atoms. The summed E-state index contributed by atoms with van der Waals surface area (Å²) in [6, 6.07) is 16.0. The van der Waals surface area contributed by atoms with Gasteiger partial charge in [0.2, 0.25) is 6.33 Å². The standard InChI is InChI=1S/C13H9ClN2.ClH/c14-11-7-4-8-12-13(11)16(9-15-12)10-5-2-1-3-6-10;/h1-9H;1H. The predicted molar refractivity (Wildman–Crippen MR) is 64.8 cm³/mol.